The van der Waals surface area contributed by atoms with Crippen LogP contribution in [0.1, 0.15) is 25.7 Å². The van der Waals surface area contributed by atoms with Crippen molar-refractivity contribution in [3.8, 4) is 0 Å². The highest BCUT2D eigenvalue weighted by Crippen LogP contribution is 2.59. The molecule has 68 valence electrons. The third-order valence-corrected chi connectivity index (χ3v) is 3.57. The van der Waals surface area contributed by atoms with Crippen molar-refractivity contribution in [2.45, 2.75) is 25.7 Å². The lowest BCUT2D eigenvalue weighted by Crippen LogP contribution is -2.15. The first-order valence-corrected chi connectivity index (χ1v) is 4.89. The largest absolute Gasteiger partial charge is 0.306 e. The lowest BCUT2D eigenvalue weighted by molar-refractivity contribution is -0.108. The average molecular weight is 167 g/mol. The Morgan fingerprint density at radius 3 is 3.08 bits per heavy atom. The summed E-state index contributed by atoms with van der Waals surface area (Å²) in [5.41, 5.74) is 0.651. The number of hydrogen-bond acceptors (Lipinski definition) is 2. The molecule has 2 rings (SSSR count). The predicted octanol–water partition coefficient (Wildman–Crippen LogP) is 1.31. The molecular formula is C10H17NO. The Morgan fingerprint density at radius 1 is 1.67 bits per heavy atom. The molecule has 2 atom stereocenters. The molecule has 2 aliphatic rings. The molecule has 0 aromatic rings. The fourth-order valence-electron chi connectivity index (χ4n) is 2.72. The third kappa shape index (κ3) is 1.28. The molecule has 2 nitrogen and oxygen atoms in total. The lowest BCUT2D eigenvalue weighted by atomic mass is 10.0. The molecule has 1 aliphatic heterocycles. The minimum Gasteiger partial charge on any atom is -0.306 e. The monoisotopic (exact) mass is 167 g/mol. The van der Waals surface area contributed by atoms with Crippen LogP contribution in [0.3, 0.4) is 0 Å². The summed E-state index contributed by atoms with van der Waals surface area (Å²) in [6.45, 7) is 2.54. The Labute approximate surface area is 73.9 Å². The van der Waals surface area contributed by atoms with E-state index in [0.717, 1.165) is 25.0 Å². The van der Waals surface area contributed by atoms with Gasteiger partial charge in [-0.25, -0.2) is 0 Å². The van der Waals surface area contributed by atoms with Crippen molar-refractivity contribution in [1.29, 1.82) is 0 Å². The Kier molecular flexibility index (Phi) is 1.95. The number of nitrogens with zero attached hydrogens (tertiary/aromatic N) is 1. The summed E-state index contributed by atoms with van der Waals surface area (Å²) < 4.78 is 0. The van der Waals surface area contributed by atoms with Gasteiger partial charge in [0.25, 0.3) is 0 Å². The maximum atomic E-state index is 10.2. The number of hydrogen-bond donors (Lipinski definition) is 0. The third-order valence-electron chi connectivity index (χ3n) is 3.57. The fourth-order valence-corrected chi connectivity index (χ4v) is 2.72. The number of aldehydes is 1. The highest BCUT2D eigenvalue weighted by atomic mass is 16.1. The molecule has 1 aliphatic carbocycles. The molecule has 2 heteroatoms. The Morgan fingerprint density at radius 2 is 2.50 bits per heavy atom. The van der Waals surface area contributed by atoms with E-state index in [-0.39, 0.29) is 0 Å². The van der Waals surface area contributed by atoms with E-state index in [1.807, 2.05) is 0 Å². The van der Waals surface area contributed by atoms with Crippen LogP contribution in [0.15, 0.2) is 0 Å². The van der Waals surface area contributed by atoms with Crippen LogP contribution in [0.2, 0.25) is 0 Å². The highest BCUT2D eigenvalue weighted by molar-refractivity contribution is 5.49. The Balaban J connectivity index is 1.81. The van der Waals surface area contributed by atoms with Gasteiger partial charge in [0.15, 0.2) is 0 Å². The first-order chi connectivity index (χ1) is 5.77. The summed E-state index contributed by atoms with van der Waals surface area (Å²) in [4.78, 5) is 12.6. The van der Waals surface area contributed by atoms with Crippen LogP contribution in [0.25, 0.3) is 0 Å². The summed E-state index contributed by atoms with van der Waals surface area (Å²) >= 11 is 0. The molecule has 1 spiro atoms. The first kappa shape index (κ1) is 8.24. The molecule has 1 heterocycles. The second-order valence-corrected chi connectivity index (χ2v) is 4.50. The molecule has 1 saturated heterocycles. The molecule has 0 N–H and O–H groups in total. The molecule has 0 amide bonds. The fraction of sp³-hybridized carbons (Fsp3) is 0.900. The lowest BCUT2D eigenvalue weighted by Gasteiger charge is -2.08. The van der Waals surface area contributed by atoms with Gasteiger partial charge in [-0.1, -0.05) is 0 Å². The summed E-state index contributed by atoms with van der Waals surface area (Å²) in [5.74, 6) is 0.868. The van der Waals surface area contributed by atoms with Crippen molar-refractivity contribution in [2.24, 2.45) is 11.3 Å². The molecule has 0 aromatic heterocycles. The van der Waals surface area contributed by atoms with Crippen LogP contribution in [0.5, 0.6) is 0 Å². The normalized spacial score (nSPS) is 40.6. The molecule has 1 saturated carbocycles. The van der Waals surface area contributed by atoms with Gasteiger partial charge >= 0.3 is 0 Å². The van der Waals surface area contributed by atoms with Crippen molar-refractivity contribution >= 4 is 6.29 Å². The first-order valence-electron chi connectivity index (χ1n) is 4.89. The molecule has 2 unspecified atom stereocenters. The van der Waals surface area contributed by atoms with Gasteiger partial charge in [0.2, 0.25) is 0 Å². The minimum atomic E-state index is 0.651. The Hall–Kier alpha value is -0.370. The summed E-state index contributed by atoms with van der Waals surface area (Å²) in [7, 11) is 2.20. The van der Waals surface area contributed by atoms with Gasteiger partial charge < -0.3 is 9.69 Å². The van der Waals surface area contributed by atoms with Crippen molar-refractivity contribution in [3.05, 3.63) is 0 Å². The van der Waals surface area contributed by atoms with E-state index in [0.29, 0.717) is 5.41 Å². The van der Waals surface area contributed by atoms with E-state index in [4.69, 9.17) is 0 Å². The molecule has 12 heavy (non-hydrogen) atoms. The summed E-state index contributed by atoms with van der Waals surface area (Å²) in [6.07, 6.45) is 5.72. The van der Waals surface area contributed by atoms with Crippen molar-refractivity contribution < 1.29 is 4.79 Å². The quantitative estimate of drug-likeness (QED) is 0.591. The van der Waals surface area contributed by atoms with E-state index in [1.54, 1.807) is 0 Å². The van der Waals surface area contributed by atoms with Crippen LogP contribution in [-0.4, -0.2) is 31.3 Å². The van der Waals surface area contributed by atoms with Crippen LogP contribution in [0, 0.1) is 11.3 Å². The number of carbonyl (C=O) groups excluding carboxylic acids is 1. The zero-order valence-corrected chi connectivity index (χ0v) is 7.75. The second kappa shape index (κ2) is 2.84. The van der Waals surface area contributed by atoms with E-state index in [2.05, 4.69) is 11.9 Å². The topological polar surface area (TPSA) is 20.3 Å². The number of carbonyl (C=O) groups is 1. The number of rotatable bonds is 3. The summed E-state index contributed by atoms with van der Waals surface area (Å²) in [6, 6.07) is 0. The maximum absolute atomic E-state index is 10.2. The minimum absolute atomic E-state index is 0.651. The van der Waals surface area contributed by atoms with Gasteiger partial charge in [0, 0.05) is 13.0 Å². The molecule has 0 bridgehead atoms. The zero-order valence-electron chi connectivity index (χ0n) is 7.75. The smallest absolute Gasteiger partial charge is 0.120 e. The van der Waals surface area contributed by atoms with Crippen LogP contribution in [-0.2, 0) is 4.79 Å². The van der Waals surface area contributed by atoms with Crippen LogP contribution >= 0.6 is 0 Å². The SMILES string of the molecule is CN1CCC2(CC2CCC=O)C1. The maximum Gasteiger partial charge on any atom is 0.120 e. The predicted molar refractivity (Wildman–Crippen MR) is 48.0 cm³/mol. The highest BCUT2D eigenvalue weighted by Gasteiger charge is 2.55. The van der Waals surface area contributed by atoms with Crippen molar-refractivity contribution in [2.75, 3.05) is 20.1 Å². The van der Waals surface area contributed by atoms with E-state index in [1.165, 1.54) is 25.9 Å². The van der Waals surface area contributed by atoms with Gasteiger partial charge in [0.1, 0.15) is 6.29 Å². The number of likely N-dealkylation sites (tertiary alicyclic amines) is 1. The Bertz CT molecular complexity index is 192. The standard InChI is InChI=1S/C10H17NO/c1-11-5-4-10(8-11)7-9(10)3-2-6-12/h6,9H,2-5,7-8H2,1H3. The zero-order chi connectivity index (χ0) is 8.60. The van der Waals surface area contributed by atoms with Crippen LogP contribution < -0.4 is 0 Å². The van der Waals surface area contributed by atoms with E-state index in [9.17, 15) is 4.79 Å². The van der Waals surface area contributed by atoms with E-state index >= 15 is 0 Å². The average Bonchev–Trinajstić information content (AvgIpc) is 2.57. The second-order valence-electron chi connectivity index (χ2n) is 4.50. The summed E-state index contributed by atoms with van der Waals surface area (Å²) in [5, 5.41) is 0. The van der Waals surface area contributed by atoms with Gasteiger partial charge in [-0.3, -0.25) is 0 Å². The van der Waals surface area contributed by atoms with E-state index < -0.39 is 0 Å². The van der Waals surface area contributed by atoms with Gasteiger partial charge in [-0.05, 0) is 44.2 Å². The van der Waals surface area contributed by atoms with Gasteiger partial charge in [0.05, 0.1) is 0 Å². The van der Waals surface area contributed by atoms with Crippen molar-refractivity contribution in [1.82, 2.24) is 4.90 Å². The molecule has 2 fully saturated rings. The van der Waals surface area contributed by atoms with Gasteiger partial charge in [-0.15, -0.1) is 0 Å². The van der Waals surface area contributed by atoms with Crippen molar-refractivity contribution in [3.63, 3.8) is 0 Å². The molecule has 0 radical (unpaired) electrons. The molecular weight excluding hydrogens is 150 g/mol. The van der Waals surface area contributed by atoms with Crippen LogP contribution in [0.4, 0.5) is 0 Å². The van der Waals surface area contributed by atoms with Gasteiger partial charge in [-0.2, -0.15) is 0 Å². The molecule has 0 aromatic carbocycles.